The molecule has 156 valence electrons. The van der Waals surface area contributed by atoms with Crippen molar-refractivity contribution in [3.05, 3.63) is 54.2 Å². The summed E-state index contributed by atoms with van der Waals surface area (Å²) in [4.78, 5) is 4.08. The van der Waals surface area contributed by atoms with E-state index in [1.54, 1.807) is 13.3 Å². The number of hydrogen-bond donors (Lipinski definition) is 1. The zero-order valence-electron chi connectivity index (χ0n) is 16.0. The Morgan fingerprint density at radius 1 is 1.10 bits per heavy atom. The third kappa shape index (κ3) is 3.99. The van der Waals surface area contributed by atoms with E-state index in [-0.39, 0.29) is 28.9 Å². The monoisotopic (exact) mass is 423 g/mol. The second-order valence-corrected chi connectivity index (χ2v) is 9.57. The molecule has 1 saturated carbocycles. The lowest BCUT2D eigenvalue weighted by atomic mass is 9.77. The first-order valence-electron chi connectivity index (χ1n) is 9.54. The smallest absolute Gasteiger partial charge is 0.243 e. The minimum absolute atomic E-state index is 0.0158. The number of sulfonamides is 1. The van der Waals surface area contributed by atoms with E-state index in [1.807, 2.05) is 18.2 Å². The van der Waals surface area contributed by atoms with Crippen LogP contribution in [-0.4, -0.2) is 50.1 Å². The SMILES string of the molecule is CO[C@@H]1C[C@H]2CN(S(=O)(=O)c3ccc(F)c(F)c3)C[C@H]2C[C@H]1Nc1ccccn1. The van der Waals surface area contributed by atoms with E-state index < -0.39 is 21.7 Å². The highest BCUT2D eigenvalue weighted by Crippen LogP contribution is 2.40. The Balaban J connectivity index is 1.51. The van der Waals surface area contributed by atoms with Gasteiger partial charge in [-0.1, -0.05) is 6.07 Å². The predicted octanol–water partition coefficient (Wildman–Crippen LogP) is 2.89. The van der Waals surface area contributed by atoms with Crippen LogP contribution in [0.15, 0.2) is 47.5 Å². The van der Waals surface area contributed by atoms with Crippen LogP contribution in [0.2, 0.25) is 0 Å². The molecule has 0 amide bonds. The molecule has 0 spiro atoms. The molecule has 2 fully saturated rings. The van der Waals surface area contributed by atoms with E-state index in [1.165, 1.54) is 4.31 Å². The summed E-state index contributed by atoms with van der Waals surface area (Å²) in [6.45, 7) is 0.699. The van der Waals surface area contributed by atoms with Crippen molar-refractivity contribution in [1.82, 2.24) is 9.29 Å². The molecule has 2 heterocycles. The van der Waals surface area contributed by atoms with Crippen LogP contribution in [0.25, 0.3) is 0 Å². The van der Waals surface area contributed by atoms with Gasteiger partial charge in [0.25, 0.3) is 0 Å². The molecule has 0 bridgehead atoms. The van der Waals surface area contributed by atoms with Crippen LogP contribution in [0, 0.1) is 23.5 Å². The Kier molecular flexibility index (Phi) is 5.54. The number of benzene rings is 1. The van der Waals surface area contributed by atoms with Gasteiger partial charge < -0.3 is 10.1 Å². The number of pyridine rings is 1. The average Bonchev–Trinajstić information content (AvgIpc) is 3.14. The maximum absolute atomic E-state index is 13.6. The lowest BCUT2D eigenvalue weighted by Gasteiger charge is -2.37. The van der Waals surface area contributed by atoms with Gasteiger partial charge in [0.05, 0.1) is 17.0 Å². The zero-order valence-corrected chi connectivity index (χ0v) is 16.8. The van der Waals surface area contributed by atoms with Gasteiger partial charge in [-0.25, -0.2) is 22.2 Å². The highest BCUT2D eigenvalue weighted by atomic mass is 32.2. The topological polar surface area (TPSA) is 71.5 Å². The number of methoxy groups -OCH3 is 1. The molecule has 1 N–H and O–H groups in total. The summed E-state index contributed by atoms with van der Waals surface area (Å²) < 4.78 is 59.7. The van der Waals surface area contributed by atoms with E-state index in [0.717, 1.165) is 36.9 Å². The number of aromatic nitrogens is 1. The quantitative estimate of drug-likeness (QED) is 0.801. The first-order chi connectivity index (χ1) is 13.9. The number of anilines is 1. The molecule has 1 aliphatic heterocycles. The van der Waals surface area contributed by atoms with Gasteiger partial charge in [0.15, 0.2) is 11.6 Å². The van der Waals surface area contributed by atoms with Gasteiger partial charge in [-0.3, -0.25) is 0 Å². The third-order valence-corrected chi connectivity index (χ3v) is 7.74. The Hall–Kier alpha value is -2.10. The number of nitrogens with zero attached hydrogens (tertiary/aromatic N) is 2. The molecule has 4 rings (SSSR count). The minimum atomic E-state index is -3.88. The summed E-state index contributed by atoms with van der Waals surface area (Å²) >= 11 is 0. The molecule has 2 aromatic rings. The van der Waals surface area contributed by atoms with Crippen LogP contribution in [0.3, 0.4) is 0 Å². The van der Waals surface area contributed by atoms with Gasteiger partial charge in [0.1, 0.15) is 5.82 Å². The highest BCUT2D eigenvalue weighted by molar-refractivity contribution is 7.89. The molecule has 4 atom stereocenters. The van der Waals surface area contributed by atoms with E-state index in [2.05, 4.69) is 10.3 Å². The molecule has 2 aliphatic rings. The number of fused-ring (bicyclic) bond motifs is 1. The highest BCUT2D eigenvalue weighted by Gasteiger charge is 2.45. The van der Waals surface area contributed by atoms with Crippen molar-refractivity contribution in [1.29, 1.82) is 0 Å². The molecule has 6 nitrogen and oxygen atoms in total. The average molecular weight is 423 g/mol. The summed E-state index contributed by atoms with van der Waals surface area (Å²) in [6.07, 6.45) is 3.10. The van der Waals surface area contributed by atoms with Gasteiger partial charge in [-0.2, -0.15) is 4.31 Å². The standard InChI is InChI=1S/C20H23F2N3O3S/c1-28-19-9-14-12-25(29(26,27)15-5-6-16(21)17(22)10-15)11-13(14)8-18(19)24-20-4-2-3-7-23-20/h2-7,10,13-14,18-19H,8-9,11-12H2,1H3,(H,23,24)/t13-,14+,18-,19-/m1/s1. The fourth-order valence-electron chi connectivity index (χ4n) is 4.40. The van der Waals surface area contributed by atoms with Crippen molar-refractivity contribution in [3.63, 3.8) is 0 Å². The zero-order chi connectivity index (χ0) is 20.6. The van der Waals surface area contributed by atoms with Gasteiger partial charge in [0, 0.05) is 26.4 Å². The van der Waals surface area contributed by atoms with Crippen molar-refractivity contribution >= 4 is 15.8 Å². The Morgan fingerprint density at radius 2 is 1.86 bits per heavy atom. The number of rotatable bonds is 5. The van der Waals surface area contributed by atoms with Gasteiger partial charge in [-0.15, -0.1) is 0 Å². The molecule has 1 aromatic carbocycles. The van der Waals surface area contributed by atoms with Crippen molar-refractivity contribution in [2.24, 2.45) is 11.8 Å². The Bertz CT molecular complexity index is 974. The molecular formula is C20H23F2N3O3S. The summed E-state index contributed by atoms with van der Waals surface area (Å²) in [5, 5.41) is 3.40. The van der Waals surface area contributed by atoms with Crippen LogP contribution in [0.4, 0.5) is 14.6 Å². The maximum Gasteiger partial charge on any atom is 0.243 e. The molecule has 0 radical (unpaired) electrons. The molecule has 9 heteroatoms. The molecule has 1 aromatic heterocycles. The van der Waals surface area contributed by atoms with E-state index in [4.69, 9.17) is 4.74 Å². The van der Waals surface area contributed by atoms with E-state index in [0.29, 0.717) is 13.1 Å². The molecule has 1 saturated heterocycles. The molecule has 29 heavy (non-hydrogen) atoms. The largest absolute Gasteiger partial charge is 0.379 e. The fourth-order valence-corrected chi connectivity index (χ4v) is 5.97. The predicted molar refractivity (Wildman–Crippen MR) is 104 cm³/mol. The summed E-state index contributed by atoms with van der Waals surface area (Å²) in [7, 11) is -2.23. The van der Waals surface area contributed by atoms with Gasteiger partial charge in [0.2, 0.25) is 10.0 Å². The number of nitrogens with one attached hydrogen (secondary N) is 1. The first kappa shape index (κ1) is 20.2. The van der Waals surface area contributed by atoms with E-state index >= 15 is 0 Å². The van der Waals surface area contributed by atoms with Gasteiger partial charge >= 0.3 is 0 Å². The van der Waals surface area contributed by atoms with Crippen LogP contribution >= 0.6 is 0 Å². The lowest BCUT2D eigenvalue weighted by molar-refractivity contribution is 0.0305. The summed E-state index contributed by atoms with van der Waals surface area (Å²) in [6, 6.07) is 8.34. The normalized spacial score (nSPS) is 27.6. The second kappa shape index (κ2) is 7.97. The summed E-state index contributed by atoms with van der Waals surface area (Å²) in [5.74, 6) is -1.17. The van der Waals surface area contributed by atoms with Crippen LogP contribution in [0.5, 0.6) is 0 Å². The van der Waals surface area contributed by atoms with E-state index in [9.17, 15) is 17.2 Å². The number of ether oxygens (including phenoxy) is 1. The Morgan fingerprint density at radius 3 is 2.52 bits per heavy atom. The molecule has 1 aliphatic carbocycles. The summed E-state index contributed by atoms with van der Waals surface area (Å²) in [5.41, 5.74) is 0. The first-order valence-corrected chi connectivity index (χ1v) is 11.0. The number of hydrogen-bond acceptors (Lipinski definition) is 5. The van der Waals surface area contributed by atoms with Crippen LogP contribution in [0.1, 0.15) is 12.8 Å². The Labute approximate surface area is 168 Å². The van der Waals surface area contributed by atoms with Crippen molar-refractivity contribution < 1.29 is 21.9 Å². The molecular weight excluding hydrogens is 400 g/mol. The minimum Gasteiger partial charge on any atom is -0.379 e. The fraction of sp³-hybridized carbons (Fsp3) is 0.450. The molecule has 0 unspecified atom stereocenters. The van der Waals surface area contributed by atoms with Crippen LogP contribution in [-0.2, 0) is 14.8 Å². The lowest BCUT2D eigenvalue weighted by Crippen LogP contribution is -2.44. The third-order valence-electron chi connectivity index (χ3n) is 5.91. The van der Waals surface area contributed by atoms with Crippen molar-refractivity contribution in [2.45, 2.75) is 29.9 Å². The van der Waals surface area contributed by atoms with Gasteiger partial charge in [-0.05, 0) is 55.0 Å². The second-order valence-electron chi connectivity index (χ2n) is 7.63. The van der Waals surface area contributed by atoms with Crippen LogP contribution < -0.4 is 5.32 Å². The van der Waals surface area contributed by atoms with Crippen molar-refractivity contribution in [3.8, 4) is 0 Å². The van der Waals surface area contributed by atoms with Crippen molar-refractivity contribution in [2.75, 3.05) is 25.5 Å². The number of halogens is 2. The maximum atomic E-state index is 13.6.